The summed E-state index contributed by atoms with van der Waals surface area (Å²) < 4.78 is 11.8. The van der Waals surface area contributed by atoms with Crippen molar-refractivity contribution in [2.75, 3.05) is 31.3 Å². The summed E-state index contributed by atoms with van der Waals surface area (Å²) in [7, 11) is 0. The monoisotopic (exact) mass is 364 g/mol. The first-order valence-electron chi connectivity index (χ1n) is 9.48. The van der Waals surface area contributed by atoms with Gasteiger partial charge in [-0.15, -0.1) is 0 Å². The number of aromatic amines is 1. The molecule has 2 aliphatic rings. The zero-order valence-corrected chi connectivity index (χ0v) is 16.0. The van der Waals surface area contributed by atoms with Crippen LogP contribution in [0, 0.1) is 0 Å². The highest BCUT2D eigenvalue weighted by Gasteiger charge is 2.36. The molecule has 3 aromatic rings. The Labute approximate surface area is 158 Å². The maximum Gasteiger partial charge on any atom is 0.184 e. The van der Waals surface area contributed by atoms with Crippen molar-refractivity contribution >= 4 is 16.7 Å². The van der Waals surface area contributed by atoms with Crippen molar-refractivity contribution in [1.82, 2.24) is 15.0 Å². The average Bonchev–Trinajstić information content (AvgIpc) is 3.15. The Morgan fingerprint density at radius 2 is 2.04 bits per heavy atom. The third kappa shape index (κ3) is 2.67. The van der Waals surface area contributed by atoms with Crippen LogP contribution in [0.5, 0.6) is 5.75 Å². The Balaban J connectivity index is 1.75. The Morgan fingerprint density at radius 3 is 2.89 bits per heavy atom. The fourth-order valence-corrected chi connectivity index (χ4v) is 3.93. The van der Waals surface area contributed by atoms with E-state index in [1.54, 1.807) is 0 Å². The first-order valence-corrected chi connectivity index (χ1v) is 9.48. The SMILES string of the molecule is CC(C)(C)c1nc(-c2cccc3[nH]ccc23)nc2c1OCC1COCCN21. The molecule has 1 fully saturated rings. The standard InChI is InChI=1S/C21H24N4O2/c1-21(2,3)18-17-20(25-9-10-26-11-13(25)12-27-17)24-19(23-18)15-5-4-6-16-14(15)7-8-22-16/h4-8,13,22H,9-12H2,1-3H3. The van der Waals surface area contributed by atoms with Gasteiger partial charge in [0.15, 0.2) is 17.4 Å². The largest absolute Gasteiger partial charge is 0.486 e. The van der Waals surface area contributed by atoms with E-state index in [1.165, 1.54) is 0 Å². The van der Waals surface area contributed by atoms with Crippen LogP contribution in [-0.2, 0) is 10.2 Å². The molecule has 6 heteroatoms. The molecule has 0 saturated carbocycles. The third-order valence-electron chi connectivity index (χ3n) is 5.31. The van der Waals surface area contributed by atoms with Crippen molar-refractivity contribution in [2.45, 2.75) is 32.2 Å². The van der Waals surface area contributed by atoms with Gasteiger partial charge >= 0.3 is 0 Å². The second-order valence-corrected chi connectivity index (χ2v) is 8.28. The average molecular weight is 364 g/mol. The number of fused-ring (bicyclic) bond motifs is 4. The van der Waals surface area contributed by atoms with Gasteiger partial charge in [-0.1, -0.05) is 32.9 Å². The number of aromatic nitrogens is 3. The van der Waals surface area contributed by atoms with Crippen LogP contribution in [0.15, 0.2) is 30.5 Å². The topological polar surface area (TPSA) is 63.3 Å². The molecule has 1 aromatic carbocycles. The van der Waals surface area contributed by atoms with Gasteiger partial charge < -0.3 is 19.4 Å². The molecule has 140 valence electrons. The summed E-state index contributed by atoms with van der Waals surface area (Å²) in [6.45, 7) is 9.35. The molecule has 4 heterocycles. The molecule has 0 aliphatic carbocycles. The zero-order valence-electron chi connectivity index (χ0n) is 16.0. The molecule has 1 unspecified atom stereocenters. The van der Waals surface area contributed by atoms with E-state index in [-0.39, 0.29) is 11.5 Å². The van der Waals surface area contributed by atoms with Gasteiger partial charge in [0.05, 0.1) is 24.9 Å². The number of morpholine rings is 1. The highest BCUT2D eigenvalue weighted by atomic mass is 16.5. The minimum atomic E-state index is -0.146. The molecule has 0 radical (unpaired) electrons. The summed E-state index contributed by atoms with van der Waals surface area (Å²) in [5.41, 5.74) is 2.94. The first-order chi connectivity index (χ1) is 13.0. The molecular weight excluding hydrogens is 340 g/mol. The number of nitrogens with one attached hydrogen (secondary N) is 1. The van der Waals surface area contributed by atoms with E-state index in [4.69, 9.17) is 19.4 Å². The quantitative estimate of drug-likeness (QED) is 0.716. The van der Waals surface area contributed by atoms with Crippen LogP contribution in [0.25, 0.3) is 22.3 Å². The number of anilines is 1. The van der Waals surface area contributed by atoms with Gasteiger partial charge in [-0.3, -0.25) is 0 Å². The summed E-state index contributed by atoms with van der Waals surface area (Å²) in [5.74, 6) is 2.47. The van der Waals surface area contributed by atoms with Crippen molar-refractivity contribution in [2.24, 2.45) is 0 Å². The van der Waals surface area contributed by atoms with Gasteiger partial charge in [0.1, 0.15) is 6.61 Å². The highest BCUT2D eigenvalue weighted by molar-refractivity contribution is 5.93. The fraction of sp³-hybridized carbons (Fsp3) is 0.429. The lowest BCUT2D eigenvalue weighted by atomic mass is 9.90. The predicted molar refractivity (Wildman–Crippen MR) is 105 cm³/mol. The van der Waals surface area contributed by atoms with Gasteiger partial charge in [0.25, 0.3) is 0 Å². The molecule has 5 rings (SSSR count). The van der Waals surface area contributed by atoms with Gasteiger partial charge in [-0.05, 0) is 12.1 Å². The van der Waals surface area contributed by atoms with E-state index in [0.29, 0.717) is 19.8 Å². The summed E-state index contributed by atoms with van der Waals surface area (Å²) >= 11 is 0. The number of hydrogen-bond donors (Lipinski definition) is 1. The van der Waals surface area contributed by atoms with E-state index < -0.39 is 0 Å². The van der Waals surface area contributed by atoms with Crippen LogP contribution in [0.4, 0.5) is 5.82 Å². The molecule has 0 spiro atoms. The van der Waals surface area contributed by atoms with Gasteiger partial charge in [0.2, 0.25) is 0 Å². The number of hydrogen-bond acceptors (Lipinski definition) is 5. The molecular formula is C21H24N4O2. The van der Waals surface area contributed by atoms with Gasteiger partial charge in [0, 0.05) is 34.6 Å². The van der Waals surface area contributed by atoms with E-state index in [9.17, 15) is 0 Å². The smallest absolute Gasteiger partial charge is 0.184 e. The van der Waals surface area contributed by atoms with E-state index in [1.807, 2.05) is 12.3 Å². The number of rotatable bonds is 1. The van der Waals surface area contributed by atoms with E-state index in [2.05, 4.69) is 48.9 Å². The summed E-state index contributed by atoms with van der Waals surface area (Å²) in [6, 6.07) is 8.50. The van der Waals surface area contributed by atoms with E-state index in [0.717, 1.165) is 46.1 Å². The van der Waals surface area contributed by atoms with E-state index >= 15 is 0 Å². The molecule has 0 amide bonds. The van der Waals surface area contributed by atoms with Crippen LogP contribution >= 0.6 is 0 Å². The Hall–Kier alpha value is -2.60. The maximum atomic E-state index is 6.16. The minimum Gasteiger partial charge on any atom is -0.486 e. The number of benzene rings is 1. The molecule has 0 bridgehead atoms. The summed E-state index contributed by atoms with van der Waals surface area (Å²) in [6.07, 6.45) is 1.96. The van der Waals surface area contributed by atoms with Crippen molar-refractivity contribution in [1.29, 1.82) is 0 Å². The van der Waals surface area contributed by atoms with Crippen molar-refractivity contribution in [3.63, 3.8) is 0 Å². The molecule has 1 N–H and O–H groups in total. The zero-order chi connectivity index (χ0) is 18.6. The number of nitrogens with zero attached hydrogens (tertiary/aromatic N) is 3. The Morgan fingerprint density at radius 1 is 1.15 bits per heavy atom. The predicted octanol–water partition coefficient (Wildman–Crippen LogP) is 3.52. The molecule has 27 heavy (non-hydrogen) atoms. The summed E-state index contributed by atoms with van der Waals surface area (Å²) in [4.78, 5) is 15.6. The second kappa shape index (κ2) is 5.96. The van der Waals surface area contributed by atoms with Crippen LogP contribution in [0.3, 0.4) is 0 Å². The first kappa shape index (κ1) is 16.6. The van der Waals surface area contributed by atoms with Crippen molar-refractivity contribution < 1.29 is 9.47 Å². The van der Waals surface area contributed by atoms with Crippen LogP contribution in [-0.4, -0.2) is 47.4 Å². The maximum absolute atomic E-state index is 6.16. The van der Waals surface area contributed by atoms with Gasteiger partial charge in [-0.25, -0.2) is 9.97 Å². The van der Waals surface area contributed by atoms with Crippen LogP contribution in [0.2, 0.25) is 0 Å². The van der Waals surface area contributed by atoms with Gasteiger partial charge in [-0.2, -0.15) is 0 Å². The summed E-state index contributed by atoms with van der Waals surface area (Å²) in [5, 5.41) is 1.13. The molecule has 1 atom stereocenters. The van der Waals surface area contributed by atoms with Crippen LogP contribution in [0.1, 0.15) is 26.5 Å². The normalized spacial score (nSPS) is 19.5. The molecule has 6 nitrogen and oxygen atoms in total. The lowest BCUT2D eigenvalue weighted by Crippen LogP contribution is -2.52. The van der Waals surface area contributed by atoms with Crippen molar-refractivity contribution in [3.05, 3.63) is 36.2 Å². The molecule has 1 saturated heterocycles. The molecule has 2 aromatic heterocycles. The Bertz CT molecular complexity index is 1010. The third-order valence-corrected chi connectivity index (χ3v) is 5.31. The minimum absolute atomic E-state index is 0.146. The fourth-order valence-electron chi connectivity index (χ4n) is 3.93. The lowest BCUT2D eigenvalue weighted by Gasteiger charge is -2.41. The number of H-pyrrole nitrogens is 1. The number of ether oxygens (including phenoxy) is 2. The van der Waals surface area contributed by atoms with Crippen molar-refractivity contribution in [3.8, 4) is 17.1 Å². The lowest BCUT2D eigenvalue weighted by molar-refractivity contribution is 0.0690. The second-order valence-electron chi connectivity index (χ2n) is 8.28. The molecule has 2 aliphatic heterocycles. The highest BCUT2D eigenvalue weighted by Crippen LogP contribution is 2.42. The Kier molecular flexibility index (Phi) is 3.65. The van der Waals surface area contributed by atoms with Crippen LogP contribution < -0.4 is 9.64 Å².